The third kappa shape index (κ3) is 3.21. The second-order valence-corrected chi connectivity index (χ2v) is 8.51. The predicted octanol–water partition coefficient (Wildman–Crippen LogP) is 3.19. The Bertz CT molecular complexity index is 974. The van der Waals surface area contributed by atoms with Gasteiger partial charge in [-0.15, -0.1) is 11.3 Å². The number of hydrogen-bond acceptors (Lipinski definition) is 4. The molecular weight excluding hydrogens is 393 g/mol. The van der Waals surface area contributed by atoms with E-state index in [1.165, 1.54) is 29.1 Å². The molecule has 1 fully saturated rings. The van der Waals surface area contributed by atoms with Crippen LogP contribution < -0.4 is 5.32 Å². The Kier molecular flexibility index (Phi) is 4.90. The van der Waals surface area contributed by atoms with Gasteiger partial charge in [-0.3, -0.25) is 14.5 Å². The third-order valence-electron chi connectivity index (χ3n) is 5.79. The minimum Gasteiger partial charge on any atom is -0.334 e. The number of carbonyl (C=O) groups excluding carboxylic acids is 3. The van der Waals surface area contributed by atoms with Crippen LogP contribution in [0, 0.1) is 5.82 Å². The fraction of sp³-hybridized carbons (Fsp3) is 0.381. The average molecular weight is 415 g/mol. The van der Waals surface area contributed by atoms with Crippen LogP contribution in [0.1, 0.15) is 42.3 Å². The van der Waals surface area contributed by atoms with Crippen LogP contribution in [0.5, 0.6) is 0 Å². The summed E-state index contributed by atoms with van der Waals surface area (Å²) in [4.78, 5) is 42.6. The van der Waals surface area contributed by atoms with Gasteiger partial charge in [-0.2, -0.15) is 0 Å². The zero-order valence-corrected chi connectivity index (χ0v) is 17.1. The molecule has 29 heavy (non-hydrogen) atoms. The lowest BCUT2D eigenvalue weighted by Crippen LogP contribution is -2.47. The van der Waals surface area contributed by atoms with Crippen LogP contribution in [0.25, 0.3) is 0 Å². The number of amides is 4. The Labute approximate surface area is 172 Å². The molecule has 4 amide bonds. The standard InChI is InChI=1S/C21H22FN3O3S/c1-3-16-15-9-11-29-17(15)8-10-24(16)18(26)12-25-19(27)21(2,23-20(25)28)13-4-6-14(22)7-5-13/h4-7,9,11,16H,3,8,10,12H2,1-2H3,(H,23,28). The first kappa shape index (κ1) is 19.6. The van der Waals surface area contributed by atoms with Gasteiger partial charge in [0.1, 0.15) is 17.9 Å². The molecule has 4 rings (SSSR count). The van der Waals surface area contributed by atoms with Gasteiger partial charge in [0.2, 0.25) is 5.91 Å². The first-order valence-corrected chi connectivity index (χ1v) is 10.5. The lowest BCUT2D eigenvalue weighted by Gasteiger charge is -2.36. The number of thiophene rings is 1. The van der Waals surface area contributed by atoms with Crippen LogP contribution in [0.4, 0.5) is 9.18 Å². The molecule has 6 nitrogen and oxygen atoms in total. The number of rotatable bonds is 4. The first-order valence-electron chi connectivity index (χ1n) is 9.61. The number of hydrogen-bond donors (Lipinski definition) is 1. The molecule has 2 aliphatic heterocycles. The maximum Gasteiger partial charge on any atom is 0.325 e. The topological polar surface area (TPSA) is 69.7 Å². The second kappa shape index (κ2) is 7.26. The summed E-state index contributed by atoms with van der Waals surface area (Å²) < 4.78 is 13.2. The van der Waals surface area contributed by atoms with Crippen molar-refractivity contribution in [2.24, 2.45) is 0 Å². The van der Waals surface area contributed by atoms with Crippen molar-refractivity contribution in [2.45, 2.75) is 38.3 Å². The highest BCUT2D eigenvalue weighted by Gasteiger charge is 2.50. The number of carbonyl (C=O) groups is 3. The van der Waals surface area contributed by atoms with Gasteiger partial charge in [0.25, 0.3) is 5.91 Å². The molecule has 2 atom stereocenters. The molecule has 2 aliphatic rings. The molecule has 1 aromatic heterocycles. The summed E-state index contributed by atoms with van der Waals surface area (Å²) in [6, 6.07) is 6.81. The highest BCUT2D eigenvalue weighted by molar-refractivity contribution is 7.10. The van der Waals surface area contributed by atoms with Crippen LogP contribution in [0.2, 0.25) is 0 Å². The number of urea groups is 1. The van der Waals surface area contributed by atoms with E-state index in [2.05, 4.69) is 5.32 Å². The van der Waals surface area contributed by atoms with Gasteiger partial charge in [0.05, 0.1) is 6.04 Å². The van der Waals surface area contributed by atoms with E-state index in [1.807, 2.05) is 18.4 Å². The largest absolute Gasteiger partial charge is 0.334 e. The smallest absolute Gasteiger partial charge is 0.325 e. The predicted molar refractivity (Wildman–Crippen MR) is 107 cm³/mol. The second-order valence-electron chi connectivity index (χ2n) is 7.51. The number of imide groups is 1. The van der Waals surface area contributed by atoms with Gasteiger partial charge in [-0.05, 0) is 54.5 Å². The molecular formula is C21H22FN3O3S. The van der Waals surface area contributed by atoms with Crippen LogP contribution in [0.15, 0.2) is 35.7 Å². The molecule has 1 saturated heterocycles. The molecule has 2 aromatic rings. The monoisotopic (exact) mass is 415 g/mol. The van der Waals surface area contributed by atoms with E-state index in [0.717, 1.165) is 23.3 Å². The summed E-state index contributed by atoms with van der Waals surface area (Å²) in [5, 5.41) is 4.69. The summed E-state index contributed by atoms with van der Waals surface area (Å²) in [5.41, 5.74) is 0.308. The van der Waals surface area contributed by atoms with Crippen molar-refractivity contribution in [3.8, 4) is 0 Å². The molecule has 0 radical (unpaired) electrons. The van der Waals surface area contributed by atoms with Crippen LogP contribution in [-0.2, 0) is 21.5 Å². The highest BCUT2D eigenvalue weighted by Crippen LogP contribution is 2.36. The molecule has 152 valence electrons. The van der Waals surface area contributed by atoms with Crippen molar-refractivity contribution >= 4 is 29.2 Å². The van der Waals surface area contributed by atoms with Crippen LogP contribution in [-0.4, -0.2) is 40.7 Å². The fourth-order valence-corrected chi connectivity index (χ4v) is 5.11. The quantitative estimate of drug-likeness (QED) is 0.780. The number of nitrogens with zero attached hydrogens (tertiary/aromatic N) is 2. The van der Waals surface area contributed by atoms with Crippen molar-refractivity contribution in [3.05, 3.63) is 57.5 Å². The van der Waals surface area contributed by atoms with E-state index < -0.39 is 23.3 Å². The lowest BCUT2D eigenvalue weighted by atomic mass is 9.92. The third-order valence-corrected chi connectivity index (χ3v) is 6.79. The van der Waals surface area contributed by atoms with E-state index >= 15 is 0 Å². The first-order chi connectivity index (χ1) is 13.8. The lowest BCUT2D eigenvalue weighted by molar-refractivity contribution is -0.140. The average Bonchev–Trinajstić information content (AvgIpc) is 3.26. The Balaban J connectivity index is 1.53. The molecule has 2 unspecified atom stereocenters. The van der Waals surface area contributed by atoms with Gasteiger partial charge >= 0.3 is 6.03 Å². The van der Waals surface area contributed by atoms with Gasteiger partial charge in [-0.1, -0.05) is 19.1 Å². The Morgan fingerprint density at radius 2 is 2.00 bits per heavy atom. The van der Waals surface area contributed by atoms with E-state index in [0.29, 0.717) is 12.1 Å². The molecule has 3 heterocycles. The summed E-state index contributed by atoms with van der Waals surface area (Å²) in [7, 11) is 0. The van der Waals surface area contributed by atoms with Gasteiger partial charge in [0, 0.05) is 11.4 Å². The maximum absolute atomic E-state index is 13.2. The minimum absolute atomic E-state index is 0.0400. The minimum atomic E-state index is -1.32. The van der Waals surface area contributed by atoms with Crippen LogP contribution >= 0.6 is 11.3 Å². The number of benzene rings is 1. The number of nitrogens with one attached hydrogen (secondary N) is 1. The summed E-state index contributed by atoms with van der Waals surface area (Å²) in [6.45, 7) is 3.86. The summed E-state index contributed by atoms with van der Waals surface area (Å²) in [6.07, 6.45) is 1.55. The van der Waals surface area contributed by atoms with Crippen molar-refractivity contribution in [1.29, 1.82) is 0 Å². The molecule has 0 spiro atoms. The van der Waals surface area contributed by atoms with E-state index in [9.17, 15) is 18.8 Å². The molecule has 1 aromatic carbocycles. The SMILES string of the molecule is CCC1c2ccsc2CCN1C(=O)CN1C(=O)NC(C)(c2ccc(F)cc2)C1=O. The van der Waals surface area contributed by atoms with E-state index in [4.69, 9.17) is 0 Å². The van der Waals surface area contributed by atoms with Crippen molar-refractivity contribution in [3.63, 3.8) is 0 Å². The van der Waals surface area contributed by atoms with Gasteiger partial charge < -0.3 is 10.2 Å². The normalized spacial score (nSPS) is 23.9. The van der Waals surface area contributed by atoms with Gasteiger partial charge in [0.15, 0.2) is 0 Å². The molecule has 8 heteroatoms. The van der Waals surface area contributed by atoms with Crippen molar-refractivity contribution in [2.75, 3.05) is 13.1 Å². The molecule has 1 N–H and O–H groups in total. The molecule has 0 saturated carbocycles. The Hall–Kier alpha value is -2.74. The summed E-state index contributed by atoms with van der Waals surface area (Å²) in [5.74, 6) is -1.19. The van der Waals surface area contributed by atoms with Crippen molar-refractivity contribution in [1.82, 2.24) is 15.1 Å². The van der Waals surface area contributed by atoms with Crippen molar-refractivity contribution < 1.29 is 18.8 Å². The number of halogens is 1. The Morgan fingerprint density at radius 1 is 1.28 bits per heavy atom. The van der Waals surface area contributed by atoms with E-state index in [-0.39, 0.29) is 18.5 Å². The van der Waals surface area contributed by atoms with E-state index in [1.54, 1.807) is 23.2 Å². The fourth-order valence-electron chi connectivity index (χ4n) is 4.18. The highest BCUT2D eigenvalue weighted by atomic mass is 32.1. The summed E-state index contributed by atoms with van der Waals surface area (Å²) >= 11 is 1.70. The zero-order valence-electron chi connectivity index (χ0n) is 16.3. The Morgan fingerprint density at radius 3 is 2.69 bits per heavy atom. The van der Waals surface area contributed by atoms with Crippen LogP contribution in [0.3, 0.4) is 0 Å². The number of fused-ring (bicyclic) bond motifs is 1. The zero-order chi connectivity index (χ0) is 20.8. The van der Waals surface area contributed by atoms with Gasteiger partial charge in [-0.25, -0.2) is 9.18 Å². The molecule has 0 bridgehead atoms. The molecule has 0 aliphatic carbocycles. The maximum atomic E-state index is 13.2.